The average molecular weight is 548 g/mol. The molecule has 1 fully saturated rings. The molecule has 3 aromatic carbocycles. The molecule has 5 rings (SSSR count). The van der Waals surface area contributed by atoms with Crippen LogP contribution in [0.1, 0.15) is 43.9 Å². The first-order valence-electron chi connectivity index (χ1n) is 12.7. The molecule has 0 aliphatic heterocycles. The molecule has 200 valence electrons. The molecular formula is C31H27F2NO4S. The third kappa shape index (κ3) is 5.43. The van der Waals surface area contributed by atoms with Gasteiger partial charge in [0.15, 0.2) is 5.13 Å². The number of carbonyl (C=O) groups excluding carboxylic acids is 2. The number of amides is 1. The van der Waals surface area contributed by atoms with E-state index in [4.69, 9.17) is 9.47 Å². The molecule has 1 N–H and O–H groups in total. The van der Waals surface area contributed by atoms with Gasteiger partial charge in [0, 0.05) is 17.2 Å². The number of nitrogens with one attached hydrogen (secondary N) is 1. The van der Waals surface area contributed by atoms with Crippen LogP contribution in [-0.4, -0.2) is 18.7 Å². The van der Waals surface area contributed by atoms with E-state index in [-0.39, 0.29) is 17.2 Å². The van der Waals surface area contributed by atoms with Crippen molar-refractivity contribution in [2.24, 2.45) is 0 Å². The van der Waals surface area contributed by atoms with Gasteiger partial charge in [-0.3, -0.25) is 10.1 Å². The SMILES string of the molecule is CCOC(=O)C1(c2ccc(-c3ccccc3-c3sc(F)cc3NC(=O)OC(C)c3ccccc3F)cc2)CC1. The lowest BCUT2D eigenvalue weighted by Gasteiger charge is -2.16. The molecule has 1 unspecified atom stereocenters. The second-order valence-electron chi connectivity index (χ2n) is 9.41. The molecular weight excluding hydrogens is 520 g/mol. The molecule has 0 bridgehead atoms. The van der Waals surface area contributed by atoms with Gasteiger partial charge in [0.25, 0.3) is 0 Å². The van der Waals surface area contributed by atoms with Crippen LogP contribution in [0.15, 0.2) is 78.9 Å². The van der Waals surface area contributed by atoms with E-state index >= 15 is 0 Å². The van der Waals surface area contributed by atoms with E-state index in [1.807, 2.05) is 48.5 Å². The summed E-state index contributed by atoms with van der Waals surface area (Å²) >= 11 is 0.905. The number of rotatable bonds is 8. The van der Waals surface area contributed by atoms with Crippen LogP contribution in [0.5, 0.6) is 0 Å². The lowest BCUT2D eigenvalue weighted by atomic mass is 9.92. The Morgan fingerprint density at radius 2 is 1.64 bits per heavy atom. The number of esters is 1. The molecule has 1 aromatic heterocycles. The molecule has 8 heteroatoms. The van der Waals surface area contributed by atoms with Crippen molar-refractivity contribution in [3.8, 4) is 21.6 Å². The highest BCUT2D eigenvalue weighted by atomic mass is 32.1. The summed E-state index contributed by atoms with van der Waals surface area (Å²) in [5, 5.41) is 2.15. The number of hydrogen-bond acceptors (Lipinski definition) is 5. The van der Waals surface area contributed by atoms with Gasteiger partial charge in [0.2, 0.25) is 0 Å². The van der Waals surface area contributed by atoms with Gasteiger partial charge in [-0.25, -0.2) is 9.18 Å². The molecule has 1 amide bonds. The third-order valence-electron chi connectivity index (χ3n) is 6.90. The first-order valence-corrected chi connectivity index (χ1v) is 13.5. The van der Waals surface area contributed by atoms with Gasteiger partial charge >= 0.3 is 12.1 Å². The second-order valence-corrected chi connectivity index (χ2v) is 10.4. The lowest BCUT2D eigenvalue weighted by Crippen LogP contribution is -2.23. The summed E-state index contributed by atoms with van der Waals surface area (Å²) < 4.78 is 39.3. The number of halogens is 2. The van der Waals surface area contributed by atoms with E-state index in [1.54, 1.807) is 32.0 Å². The van der Waals surface area contributed by atoms with Gasteiger partial charge in [-0.2, -0.15) is 4.39 Å². The Labute approximate surface area is 229 Å². The number of ether oxygens (including phenoxy) is 2. The number of benzene rings is 3. The van der Waals surface area contributed by atoms with E-state index in [1.165, 1.54) is 12.1 Å². The quantitative estimate of drug-likeness (QED) is 0.226. The maximum absolute atomic E-state index is 14.5. The highest BCUT2D eigenvalue weighted by Gasteiger charge is 2.52. The van der Waals surface area contributed by atoms with Crippen molar-refractivity contribution in [2.75, 3.05) is 11.9 Å². The van der Waals surface area contributed by atoms with E-state index in [2.05, 4.69) is 5.32 Å². The van der Waals surface area contributed by atoms with E-state index in [0.29, 0.717) is 11.5 Å². The van der Waals surface area contributed by atoms with Crippen LogP contribution in [0.2, 0.25) is 0 Å². The van der Waals surface area contributed by atoms with Crippen LogP contribution in [0.25, 0.3) is 21.6 Å². The number of thiophene rings is 1. The van der Waals surface area contributed by atoms with Crippen LogP contribution in [-0.2, 0) is 19.7 Å². The smallest absolute Gasteiger partial charge is 0.412 e. The highest BCUT2D eigenvalue weighted by Crippen LogP contribution is 2.50. The van der Waals surface area contributed by atoms with E-state index in [9.17, 15) is 18.4 Å². The lowest BCUT2D eigenvalue weighted by molar-refractivity contribution is -0.146. The monoisotopic (exact) mass is 547 g/mol. The molecule has 0 saturated heterocycles. The second kappa shape index (κ2) is 11.0. The standard InChI is InChI=1S/C31H27F2NO4S/c1-3-37-29(35)31(16-17-31)21-14-12-20(13-15-21)23-9-4-5-10-24(23)28-26(18-27(33)39-28)34-30(36)38-19(2)22-8-6-7-11-25(22)32/h4-15,18-19H,3,16-17H2,1-2H3,(H,34,36). The van der Waals surface area contributed by atoms with Crippen molar-refractivity contribution in [3.05, 3.63) is 101 Å². The van der Waals surface area contributed by atoms with Crippen molar-refractivity contribution in [1.82, 2.24) is 0 Å². The van der Waals surface area contributed by atoms with Gasteiger partial charge < -0.3 is 9.47 Å². The minimum atomic E-state index is -0.840. The molecule has 1 aliphatic rings. The minimum absolute atomic E-state index is 0.195. The summed E-state index contributed by atoms with van der Waals surface area (Å²) in [6, 6.07) is 22.5. The first-order chi connectivity index (χ1) is 18.8. The van der Waals surface area contributed by atoms with Crippen LogP contribution in [0.4, 0.5) is 19.3 Å². The molecule has 1 saturated carbocycles. The summed E-state index contributed by atoms with van der Waals surface area (Å²) in [5.41, 5.74) is 3.29. The predicted octanol–water partition coefficient (Wildman–Crippen LogP) is 8.26. The average Bonchev–Trinajstić information content (AvgIpc) is 3.67. The molecule has 5 nitrogen and oxygen atoms in total. The molecule has 0 radical (unpaired) electrons. The molecule has 1 aliphatic carbocycles. The molecule has 4 aromatic rings. The summed E-state index contributed by atoms with van der Waals surface area (Å²) in [6.07, 6.45) is -0.137. The van der Waals surface area contributed by atoms with Crippen molar-refractivity contribution in [3.63, 3.8) is 0 Å². The zero-order chi connectivity index (χ0) is 27.6. The van der Waals surface area contributed by atoms with Gasteiger partial charge in [-0.15, -0.1) is 11.3 Å². The predicted molar refractivity (Wildman–Crippen MR) is 148 cm³/mol. The van der Waals surface area contributed by atoms with Crippen molar-refractivity contribution in [1.29, 1.82) is 0 Å². The summed E-state index contributed by atoms with van der Waals surface area (Å²) in [5.74, 6) is -0.672. The van der Waals surface area contributed by atoms with Crippen LogP contribution >= 0.6 is 11.3 Å². The highest BCUT2D eigenvalue weighted by molar-refractivity contribution is 7.14. The fourth-order valence-electron chi connectivity index (χ4n) is 4.73. The maximum Gasteiger partial charge on any atom is 0.412 e. The molecule has 1 atom stereocenters. The minimum Gasteiger partial charge on any atom is -0.465 e. The van der Waals surface area contributed by atoms with Crippen LogP contribution in [0, 0.1) is 10.9 Å². The van der Waals surface area contributed by atoms with E-state index < -0.39 is 28.6 Å². The van der Waals surface area contributed by atoms with Crippen LogP contribution < -0.4 is 5.32 Å². The van der Waals surface area contributed by atoms with Gasteiger partial charge in [-0.1, -0.05) is 66.7 Å². The number of anilines is 1. The van der Waals surface area contributed by atoms with Crippen molar-refractivity contribution in [2.45, 2.75) is 38.2 Å². The Morgan fingerprint density at radius 3 is 2.31 bits per heavy atom. The van der Waals surface area contributed by atoms with Gasteiger partial charge in [0.1, 0.15) is 11.9 Å². The fourth-order valence-corrected chi connectivity index (χ4v) is 5.61. The van der Waals surface area contributed by atoms with Gasteiger partial charge in [0.05, 0.1) is 22.6 Å². The Bertz CT molecular complexity index is 1510. The largest absolute Gasteiger partial charge is 0.465 e. The van der Waals surface area contributed by atoms with Gasteiger partial charge in [-0.05, 0) is 49.4 Å². The Balaban J connectivity index is 1.39. The molecule has 39 heavy (non-hydrogen) atoms. The van der Waals surface area contributed by atoms with Crippen molar-refractivity contribution >= 4 is 29.1 Å². The number of carbonyl (C=O) groups is 2. The zero-order valence-electron chi connectivity index (χ0n) is 21.5. The summed E-state index contributed by atoms with van der Waals surface area (Å²) in [6.45, 7) is 3.71. The van der Waals surface area contributed by atoms with Crippen LogP contribution in [0.3, 0.4) is 0 Å². The zero-order valence-corrected chi connectivity index (χ0v) is 22.3. The fraction of sp³-hybridized carbons (Fsp3) is 0.226. The molecule has 1 heterocycles. The van der Waals surface area contributed by atoms with Crippen molar-refractivity contribution < 1.29 is 27.8 Å². The summed E-state index contributed by atoms with van der Waals surface area (Å²) in [7, 11) is 0. The maximum atomic E-state index is 14.5. The molecule has 0 spiro atoms. The first kappa shape index (κ1) is 26.6. The Kier molecular flexibility index (Phi) is 7.48. The van der Waals surface area contributed by atoms with E-state index in [0.717, 1.165) is 46.4 Å². The normalized spacial score (nSPS) is 14.4. The Hall–Kier alpha value is -4.04. The topological polar surface area (TPSA) is 64.6 Å². The summed E-state index contributed by atoms with van der Waals surface area (Å²) in [4.78, 5) is 25.7. The third-order valence-corrected chi connectivity index (χ3v) is 7.86. The Morgan fingerprint density at radius 1 is 0.974 bits per heavy atom. The number of hydrogen-bond donors (Lipinski definition) is 1.